The Morgan fingerprint density at radius 3 is 2.00 bits per heavy atom. The summed E-state index contributed by atoms with van der Waals surface area (Å²) in [4.78, 5) is 12.0. The van der Waals surface area contributed by atoms with Crippen LogP contribution >= 0.6 is 0 Å². The second-order valence-electron chi connectivity index (χ2n) is 4.73. The van der Waals surface area contributed by atoms with Gasteiger partial charge in [-0.05, 0) is 24.5 Å². The molecule has 0 unspecified atom stereocenters. The molecule has 0 radical (unpaired) electrons. The fraction of sp³-hybridized carbons (Fsp3) is 0.533. The number of benzene rings is 1. The topological polar surface area (TPSA) is 54.0 Å². The first-order valence-corrected chi connectivity index (χ1v) is 6.50. The Morgan fingerprint density at radius 1 is 1.05 bits per heavy atom. The molecule has 20 heavy (non-hydrogen) atoms. The highest BCUT2D eigenvalue weighted by Crippen LogP contribution is 2.38. The van der Waals surface area contributed by atoms with E-state index >= 15 is 0 Å². The van der Waals surface area contributed by atoms with Crippen LogP contribution in [-0.2, 0) is 4.74 Å². The van der Waals surface area contributed by atoms with Gasteiger partial charge in [-0.25, -0.2) is 4.79 Å². The maximum atomic E-state index is 12.0. The largest absolute Gasteiger partial charge is 0.493 e. The van der Waals surface area contributed by atoms with Gasteiger partial charge in [0.1, 0.15) is 0 Å². The molecular formula is C15H22O5. The van der Waals surface area contributed by atoms with Gasteiger partial charge < -0.3 is 18.9 Å². The van der Waals surface area contributed by atoms with E-state index in [-0.39, 0.29) is 0 Å². The lowest BCUT2D eigenvalue weighted by atomic mass is 10.1. The molecule has 0 saturated carbocycles. The predicted octanol–water partition coefficient (Wildman–Crippen LogP) is 2.92. The number of rotatable bonds is 7. The molecule has 0 atom stereocenters. The molecule has 0 N–H and O–H groups in total. The van der Waals surface area contributed by atoms with Gasteiger partial charge in [0, 0.05) is 0 Å². The van der Waals surface area contributed by atoms with Crippen molar-refractivity contribution in [1.82, 2.24) is 0 Å². The van der Waals surface area contributed by atoms with Crippen molar-refractivity contribution in [3.8, 4) is 17.2 Å². The van der Waals surface area contributed by atoms with E-state index in [9.17, 15) is 4.79 Å². The Hall–Kier alpha value is -1.91. The molecule has 0 fully saturated rings. The summed E-state index contributed by atoms with van der Waals surface area (Å²) in [6.45, 7) is 4.55. The molecule has 1 aromatic carbocycles. The number of methoxy groups -OCH3 is 3. The van der Waals surface area contributed by atoms with Gasteiger partial charge in [0.2, 0.25) is 5.75 Å². The van der Waals surface area contributed by atoms with E-state index in [0.29, 0.717) is 35.3 Å². The van der Waals surface area contributed by atoms with Crippen molar-refractivity contribution in [2.45, 2.75) is 20.3 Å². The zero-order valence-electron chi connectivity index (χ0n) is 12.7. The molecule has 0 amide bonds. The van der Waals surface area contributed by atoms with Crippen LogP contribution in [0.3, 0.4) is 0 Å². The third-order valence-electron chi connectivity index (χ3n) is 2.83. The van der Waals surface area contributed by atoms with Gasteiger partial charge >= 0.3 is 5.97 Å². The van der Waals surface area contributed by atoms with Gasteiger partial charge in [-0.2, -0.15) is 0 Å². The number of hydrogen-bond acceptors (Lipinski definition) is 5. The molecule has 0 aliphatic rings. The molecule has 0 aromatic heterocycles. The molecule has 5 nitrogen and oxygen atoms in total. The Labute approximate surface area is 119 Å². The quantitative estimate of drug-likeness (QED) is 0.720. The average Bonchev–Trinajstić information content (AvgIpc) is 2.44. The lowest BCUT2D eigenvalue weighted by molar-refractivity contribution is 0.0487. The van der Waals surface area contributed by atoms with Crippen LogP contribution in [0, 0.1) is 5.92 Å². The molecule has 0 spiro atoms. The van der Waals surface area contributed by atoms with Crippen LogP contribution in [0.5, 0.6) is 17.2 Å². The van der Waals surface area contributed by atoms with Gasteiger partial charge in [-0.1, -0.05) is 13.8 Å². The monoisotopic (exact) mass is 282 g/mol. The summed E-state index contributed by atoms with van der Waals surface area (Å²) in [5.41, 5.74) is 0.378. The van der Waals surface area contributed by atoms with Crippen molar-refractivity contribution in [3.05, 3.63) is 17.7 Å². The second kappa shape index (κ2) is 7.62. The van der Waals surface area contributed by atoms with Crippen molar-refractivity contribution < 1.29 is 23.7 Å². The lowest BCUT2D eigenvalue weighted by Crippen LogP contribution is -2.09. The molecule has 0 saturated heterocycles. The third kappa shape index (κ3) is 4.05. The zero-order chi connectivity index (χ0) is 15.1. The fourth-order valence-electron chi connectivity index (χ4n) is 1.67. The van der Waals surface area contributed by atoms with Crippen molar-refractivity contribution in [2.24, 2.45) is 5.92 Å². The van der Waals surface area contributed by atoms with Crippen molar-refractivity contribution in [1.29, 1.82) is 0 Å². The highest BCUT2D eigenvalue weighted by atomic mass is 16.5. The smallest absolute Gasteiger partial charge is 0.338 e. The minimum Gasteiger partial charge on any atom is -0.493 e. The SMILES string of the molecule is COc1cc(C(=O)OCCC(C)C)cc(OC)c1OC. The van der Waals surface area contributed by atoms with Crippen molar-refractivity contribution in [3.63, 3.8) is 0 Å². The van der Waals surface area contributed by atoms with E-state index in [0.717, 1.165) is 6.42 Å². The first kappa shape index (κ1) is 16.1. The summed E-state index contributed by atoms with van der Waals surface area (Å²) < 4.78 is 20.8. The van der Waals surface area contributed by atoms with Crippen LogP contribution in [0.25, 0.3) is 0 Å². The van der Waals surface area contributed by atoms with Crippen LogP contribution < -0.4 is 14.2 Å². The van der Waals surface area contributed by atoms with Crippen molar-refractivity contribution in [2.75, 3.05) is 27.9 Å². The Bertz CT molecular complexity index is 429. The molecule has 0 aliphatic heterocycles. The first-order chi connectivity index (χ1) is 9.53. The molecule has 0 bridgehead atoms. The van der Waals surface area contributed by atoms with Crippen LogP contribution in [0.1, 0.15) is 30.6 Å². The summed E-state index contributed by atoms with van der Waals surface area (Å²) in [7, 11) is 4.53. The molecule has 0 heterocycles. The third-order valence-corrected chi connectivity index (χ3v) is 2.83. The van der Waals surface area contributed by atoms with Crippen molar-refractivity contribution >= 4 is 5.97 Å². The van der Waals surface area contributed by atoms with Crippen LogP contribution in [0.2, 0.25) is 0 Å². The van der Waals surface area contributed by atoms with Gasteiger partial charge in [0.25, 0.3) is 0 Å². The summed E-state index contributed by atoms with van der Waals surface area (Å²) >= 11 is 0. The van der Waals surface area contributed by atoms with Crippen LogP contribution in [0.4, 0.5) is 0 Å². The second-order valence-corrected chi connectivity index (χ2v) is 4.73. The molecule has 0 aliphatic carbocycles. The Kier molecular flexibility index (Phi) is 6.15. The molecule has 1 aromatic rings. The van der Waals surface area contributed by atoms with E-state index in [2.05, 4.69) is 13.8 Å². The number of carbonyl (C=O) groups excluding carboxylic acids is 1. The number of carbonyl (C=O) groups is 1. The predicted molar refractivity (Wildman–Crippen MR) is 75.8 cm³/mol. The van der Waals surface area contributed by atoms with Gasteiger partial charge in [0.05, 0.1) is 33.5 Å². The molecule has 5 heteroatoms. The number of hydrogen-bond donors (Lipinski definition) is 0. The Morgan fingerprint density at radius 2 is 1.60 bits per heavy atom. The van der Waals surface area contributed by atoms with Crippen LogP contribution in [0.15, 0.2) is 12.1 Å². The highest BCUT2D eigenvalue weighted by molar-refractivity contribution is 5.91. The summed E-state index contributed by atoms with van der Waals surface area (Å²) in [5, 5.41) is 0. The maximum absolute atomic E-state index is 12.0. The van der Waals surface area contributed by atoms with Crippen LogP contribution in [-0.4, -0.2) is 33.9 Å². The molecule has 1 rings (SSSR count). The number of ether oxygens (including phenoxy) is 4. The normalized spacial score (nSPS) is 10.3. The number of esters is 1. The summed E-state index contributed by atoms with van der Waals surface area (Å²) in [5.74, 6) is 1.41. The molecular weight excluding hydrogens is 260 g/mol. The first-order valence-electron chi connectivity index (χ1n) is 6.50. The zero-order valence-corrected chi connectivity index (χ0v) is 12.7. The minimum atomic E-state index is -0.398. The summed E-state index contributed by atoms with van der Waals surface area (Å²) in [6, 6.07) is 3.16. The maximum Gasteiger partial charge on any atom is 0.338 e. The van der Waals surface area contributed by atoms with E-state index in [1.165, 1.54) is 21.3 Å². The van der Waals surface area contributed by atoms with E-state index in [1.807, 2.05) is 0 Å². The Balaban J connectivity index is 2.92. The van der Waals surface area contributed by atoms with E-state index in [1.54, 1.807) is 12.1 Å². The summed E-state index contributed by atoms with van der Waals surface area (Å²) in [6.07, 6.45) is 0.830. The lowest BCUT2D eigenvalue weighted by Gasteiger charge is -2.14. The highest BCUT2D eigenvalue weighted by Gasteiger charge is 2.17. The van der Waals surface area contributed by atoms with Gasteiger partial charge in [0.15, 0.2) is 11.5 Å². The van der Waals surface area contributed by atoms with E-state index in [4.69, 9.17) is 18.9 Å². The minimum absolute atomic E-state index is 0.378. The fourth-order valence-corrected chi connectivity index (χ4v) is 1.67. The average molecular weight is 282 g/mol. The molecule has 112 valence electrons. The van der Waals surface area contributed by atoms with Gasteiger partial charge in [-0.15, -0.1) is 0 Å². The standard InChI is InChI=1S/C15H22O5/c1-10(2)6-7-20-15(16)11-8-12(17-3)14(19-5)13(9-11)18-4/h8-10H,6-7H2,1-5H3. The van der Waals surface area contributed by atoms with Gasteiger partial charge in [-0.3, -0.25) is 0 Å². The van der Waals surface area contributed by atoms with E-state index < -0.39 is 5.97 Å².